The van der Waals surface area contributed by atoms with Gasteiger partial charge in [-0.05, 0) is 37.0 Å². The molecule has 0 aliphatic carbocycles. The van der Waals surface area contributed by atoms with Crippen LogP contribution in [0.2, 0.25) is 0 Å². The number of unbranched alkanes of at least 4 members (excludes halogenated alkanes) is 1. The Morgan fingerprint density at radius 3 is 2.50 bits per heavy atom. The SMILES string of the molecule is CC1C(=O)c2ccccc2N(C)C1C(=O)NCCCCc1ccccc1. The van der Waals surface area contributed by atoms with E-state index in [0.29, 0.717) is 12.1 Å². The fourth-order valence-electron chi connectivity index (χ4n) is 3.68. The lowest BCUT2D eigenvalue weighted by Crippen LogP contribution is -2.54. The van der Waals surface area contributed by atoms with Crippen molar-refractivity contribution in [2.24, 2.45) is 5.92 Å². The molecule has 0 bridgehead atoms. The lowest BCUT2D eigenvalue weighted by Gasteiger charge is -2.38. The van der Waals surface area contributed by atoms with Gasteiger partial charge in [0.1, 0.15) is 6.04 Å². The maximum absolute atomic E-state index is 12.7. The number of nitrogens with one attached hydrogen (secondary N) is 1. The van der Waals surface area contributed by atoms with E-state index in [1.54, 1.807) is 0 Å². The average molecular weight is 350 g/mol. The molecular formula is C22H26N2O2. The molecule has 0 radical (unpaired) electrons. The third-order valence-corrected chi connectivity index (χ3v) is 5.16. The molecule has 2 aromatic carbocycles. The van der Waals surface area contributed by atoms with Gasteiger partial charge in [0, 0.05) is 30.8 Å². The molecule has 0 fully saturated rings. The summed E-state index contributed by atoms with van der Waals surface area (Å²) >= 11 is 0. The van der Waals surface area contributed by atoms with E-state index in [1.807, 2.05) is 61.3 Å². The zero-order valence-corrected chi connectivity index (χ0v) is 15.4. The molecule has 4 heteroatoms. The van der Waals surface area contributed by atoms with E-state index in [4.69, 9.17) is 0 Å². The minimum Gasteiger partial charge on any atom is -0.361 e. The van der Waals surface area contributed by atoms with E-state index in [0.717, 1.165) is 24.9 Å². The number of para-hydroxylation sites is 1. The highest BCUT2D eigenvalue weighted by molar-refractivity contribution is 6.09. The number of aryl methyl sites for hydroxylation is 1. The first kappa shape index (κ1) is 18.2. The van der Waals surface area contributed by atoms with Crippen molar-refractivity contribution >= 4 is 17.4 Å². The quantitative estimate of drug-likeness (QED) is 0.812. The van der Waals surface area contributed by atoms with Gasteiger partial charge in [0.05, 0.1) is 0 Å². The minimum atomic E-state index is -0.452. The number of Topliss-reactive ketones (excluding diaryl/α,β-unsaturated/α-hetero) is 1. The summed E-state index contributed by atoms with van der Waals surface area (Å²) in [6.45, 7) is 2.48. The van der Waals surface area contributed by atoms with Gasteiger partial charge in [-0.2, -0.15) is 0 Å². The number of fused-ring (bicyclic) bond motifs is 1. The third-order valence-electron chi connectivity index (χ3n) is 5.16. The number of likely N-dealkylation sites (N-methyl/N-ethyl adjacent to an activating group) is 1. The molecule has 0 saturated heterocycles. The van der Waals surface area contributed by atoms with Crippen molar-refractivity contribution in [2.45, 2.75) is 32.2 Å². The number of hydrogen-bond acceptors (Lipinski definition) is 3. The summed E-state index contributed by atoms with van der Waals surface area (Å²) in [7, 11) is 1.89. The summed E-state index contributed by atoms with van der Waals surface area (Å²) in [6, 6.07) is 17.4. The Morgan fingerprint density at radius 1 is 1.04 bits per heavy atom. The van der Waals surface area contributed by atoms with Gasteiger partial charge in [0.15, 0.2) is 5.78 Å². The van der Waals surface area contributed by atoms with Crippen LogP contribution in [0.3, 0.4) is 0 Å². The van der Waals surface area contributed by atoms with Crippen LogP contribution in [-0.2, 0) is 11.2 Å². The van der Waals surface area contributed by atoms with Crippen LogP contribution < -0.4 is 10.2 Å². The van der Waals surface area contributed by atoms with Crippen molar-refractivity contribution in [2.75, 3.05) is 18.5 Å². The molecule has 1 aliphatic heterocycles. The number of carbonyl (C=O) groups excluding carboxylic acids is 2. The van der Waals surface area contributed by atoms with Gasteiger partial charge < -0.3 is 10.2 Å². The van der Waals surface area contributed by atoms with Crippen molar-refractivity contribution < 1.29 is 9.59 Å². The molecule has 136 valence electrons. The molecule has 2 unspecified atom stereocenters. The van der Waals surface area contributed by atoms with E-state index in [-0.39, 0.29) is 17.6 Å². The van der Waals surface area contributed by atoms with Crippen LogP contribution in [0.1, 0.15) is 35.7 Å². The summed E-state index contributed by atoms with van der Waals surface area (Å²) in [5.41, 5.74) is 2.86. The Bertz CT molecular complexity index is 773. The first-order valence-electron chi connectivity index (χ1n) is 9.27. The maximum atomic E-state index is 12.7. The van der Waals surface area contributed by atoms with E-state index >= 15 is 0 Å². The molecule has 2 atom stereocenters. The van der Waals surface area contributed by atoms with Crippen LogP contribution in [0, 0.1) is 5.92 Å². The fourth-order valence-corrected chi connectivity index (χ4v) is 3.68. The predicted molar refractivity (Wildman–Crippen MR) is 105 cm³/mol. The minimum absolute atomic E-state index is 0.0444. The monoisotopic (exact) mass is 350 g/mol. The topological polar surface area (TPSA) is 49.4 Å². The van der Waals surface area contributed by atoms with Crippen molar-refractivity contribution in [3.05, 3.63) is 65.7 Å². The van der Waals surface area contributed by atoms with Crippen LogP contribution in [-0.4, -0.2) is 31.3 Å². The van der Waals surface area contributed by atoms with E-state index in [1.165, 1.54) is 5.56 Å². The molecule has 1 heterocycles. The molecule has 0 saturated carbocycles. The van der Waals surface area contributed by atoms with Crippen molar-refractivity contribution in [1.29, 1.82) is 0 Å². The Labute approximate surface area is 155 Å². The zero-order chi connectivity index (χ0) is 18.5. The fraction of sp³-hybridized carbons (Fsp3) is 0.364. The molecule has 3 rings (SSSR count). The molecular weight excluding hydrogens is 324 g/mol. The standard InChI is InChI=1S/C22H26N2O2/c1-16-20(24(2)19-14-7-6-13-18(19)21(16)25)22(26)23-15-9-8-12-17-10-4-3-5-11-17/h3-7,10-11,13-14,16,20H,8-9,12,15H2,1-2H3,(H,23,26). The Balaban J connectivity index is 1.54. The number of anilines is 1. The first-order valence-corrected chi connectivity index (χ1v) is 9.27. The van der Waals surface area contributed by atoms with Crippen LogP contribution in [0.4, 0.5) is 5.69 Å². The van der Waals surface area contributed by atoms with Gasteiger partial charge in [-0.25, -0.2) is 0 Å². The smallest absolute Gasteiger partial charge is 0.243 e. The summed E-state index contributed by atoms with van der Waals surface area (Å²) in [5.74, 6) is -0.371. The van der Waals surface area contributed by atoms with Gasteiger partial charge in [0.25, 0.3) is 0 Å². The molecule has 0 aromatic heterocycles. The number of carbonyl (C=O) groups is 2. The van der Waals surface area contributed by atoms with E-state index in [2.05, 4.69) is 17.4 Å². The highest BCUT2D eigenvalue weighted by atomic mass is 16.2. The average Bonchev–Trinajstić information content (AvgIpc) is 2.67. The van der Waals surface area contributed by atoms with Crippen LogP contribution in [0.15, 0.2) is 54.6 Å². The van der Waals surface area contributed by atoms with Gasteiger partial charge in [-0.3, -0.25) is 9.59 Å². The number of hydrogen-bond donors (Lipinski definition) is 1. The molecule has 26 heavy (non-hydrogen) atoms. The number of nitrogens with zero attached hydrogens (tertiary/aromatic N) is 1. The van der Waals surface area contributed by atoms with Gasteiger partial charge in [-0.1, -0.05) is 49.4 Å². The van der Waals surface area contributed by atoms with Crippen molar-refractivity contribution in [1.82, 2.24) is 5.32 Å². The van der Waals surface area contributed by atoms with Gasteiger partial charge in [0.2, 0.25) is 5.91 Å². The highest BCUT2D eigenvalue weighted by Gasteiger charge is 2.39. The molecule has 1 amide bonds. The highest BCUT2D eigenvalue weighted by Crippen LogP contribution is 2.32. The summed E-state index contributed by atoms with van der Waals surface area (Å²) in [6.07, 6.45) is 2.97. The normalized spacial score (nSPS) is 19.2. The largest absolute Gasteiger partial charge is 0.361 e. The molecule has 4 nitrogen and oxygen atoms in total. The van der Waals surface area contributed by atoms with Crippen molar-refractivity contribution in [3.8, 4) is 0 Å². The predicted octanol–water partition coefficient (Wildman–Crippen LogP) is 3.46. The van der Waals surface area contributed by atoms with Crippen molar-refractivity contribution in [3.63, 3.8) is 0 Å². The number of amides is 1. The number of benzene rings is 2. The molecule has 2 aromatic rings. The molecule has 0 spiro atoms. The first-order chi connectivity index (χ1) is 12.6. The van der Waals surface area contributed by atoms with Crippen LogP contribution in [0.5, 0.6) is 0 Å². The summed E-state index contributed by atoms with van der Waals surface area (Å²) < 4.78 is 0. The van der Waals surface area contributed by atoms with Crippen LogP contribution >= 0.6 is 0 Å². The van der Waals surface area contributed by atoms with E-state index in [9.17, 15) is 9.59 Å². The Kier molecular flexibility index (Phi) is 5.71. The van der Waals surface area contributed by atoms with Gasteiger partial charge in [-0.15, -0.1) is 0 Å². The lowest BCUT2D eigenvalue weighted by molar-refractivity contribution is -0.123. The summed E-state index contributed by atoms with van der Waals surface area (Å²) in [4.78, 5) is 27.2. The number of rotatable bonds is 6. The molecule has 1 N–H and O–H groups in total. The van der Waals surface area contributed by atoms with Gasteiger partial charge >= 0.3 is 0 Å². The second-order valence-corrected chi connectivity index (χ2v) is 6.96. The lowest BCUT2D eigenvalue weighted by atomic mass is 9.85. The third kappa shape index (κ3) is 3.79. The second-order valence-electron chi connectivity index (χ2n) is 6.96. The number of ketones is 1. The Hall–Kier alpha value is -2.62. The zero-order valence-electron chi connectivity index (χ0n) is 15.4. The summed E-state index contributed by atoms with van der Waals surface area (Å²) in [5, 5.41) is 3.02. The molecule has 1 aliphatic rings. The van der Waals surface area contributed by atoms with E-state index < -0.39 is 6.04 Å². The van der Waals surface area contributed by atoms with Crippen LogP contribution in [0.25, 0.3) is 0 Å². The maximum Gasteiger partial charge on any atom is 0.243 e. The second kappa shape index (κ2) is 8.17. The Morgan fingerprint density at radius 2 is 1.73 bits per heavy atom.